The predicted octanol–water partition coefficient (Wildman–Crippen LogP) is -3.70. The van der Waals surface area contributed by atoms with Crippen molar-refractivity contribution >= 4 is 17.6 Å². The third kappa shape index (κ3) is 8.82. The standard InChI is InChI=1S/C6H12O6.H2O3S/c7-1-3(9)5(11)6(12)4(10)2-8;1-4(2)3/h1,3-6,8-12H,2H2;(H2,1,2,3)/t3-,4+,5+,6+;/m0./s1. The molecule has 9 nitrogen and oxygen atoms in total. The average Bonchev–Trinajstić information content (AvgIpc) is 2.24. The van der Waals surface area contributed by atoms with Gasteiger partial charge in [0, 0.05) is 0 Å². The van der Waals surface area contributed by atoms with Gasteiger partial charge in [-0.3, -0.25) is 9.11 Å². The van der Waals surface area contributed by atoms with Gasteiger partial charge in [-0.2, -0.15) is 4.21 Å². The van der Waals surface area contributed by atoms with E-state index in [4.69, 9.17) is 38.8 Å². The summed E-state index contributed by atoms with van der Waals surface area (Å²) < 4.78 is 22.8. The third-order valence-electron chi connectivity index (χ3n) is 1.42. The highest BCUT2D eigenvalue weighted by atomic mass is 32.2. The van der Waals surface area contributed by atoms with Crippen LogP contribution < -0.4 is 0 Å². The third-order valence-corrected chi connectivity index (χ3v) is 1.42. The summed E-state index contributed by atoms with van der Waals surface area (Å²) in [5.74, 6) is 0. The summed E-state index contributed by atoms with van der Waals surface area (Å²) in [6.07, 6.45) is -6.84. The van der Waals surface area contributed by atoms with E-state index in [1.165, 1.54) is 0 Å². The first-order valence-electron chi connectivity index (χ1n) is 3.86. The molecule has 0 aliphatic heterocycles. The van der Waals surface area contributed by atoms with Gasteiger partial charge in [-0.1, -0.05) is 0 Å². The predicted molar refractivity (Wildman–Crippen MR) is 50.6 cm³/mol. The highest BCUT2D eigenvalue weighted by molar-refractivity contribution is 7.73. The monoisotopic (exact) mass is 262 g/mol. The first-order valence-corrected chi connectivity index (χ1v) is 4.92. The highest BCUT2D eigenvalue weighted by Gasteiger charge is 2.29. The quantitative estimate of drug-likeness (QED) is 0.194. The van der Waals surface area contributed by atoms with E-state index in [2.05, 4.69) is 0 Å². The Morgan fingerprint density at radius 2 is 1.44 bits per heavy atom. The van der Waals surface area contributed by atoms with E-state index in [0.717, 1.165) is 0 Å². The van der Waals surface area contributed by atoms with Crippen LogP contribution in [0.25, 0.3) is 0 Å². The molecule has 4 atom stereocenters. The van der Waals surface area contributed by atoms with E-state index in [9.17, 15) is 4.79 Å². The molecule has 0 aliphatic rings. The van der Waals surface area contributed by atoms with Crippen molar-refractivity contribution in [3.05, 3.63) is 0 Å². The molecule has 0 amide bonds. The molecule has 0 aromatic heterocycles. The van der Waals surface area contributed by atoms with Gasteiger partial charge in [-0.15, -0.1) is 0 Å². The van der Waals surface area contributed by atoms with Gasteiger partial charge in [0.1, 0.15) is 24.4 Å². The highest BCUT2D eigenvalue weighted by Crippen LogP contribution is 2.02. The molecule has 0 unspecified atom stereocenters. The Morgan fingerprint density at radius 3 is 1.69 bits per heavy atom. The van der Waals surface area contributed by atoms with Crippen LogP contribution in [0.3, 0.4) is 0 Å². The van der Waals surface area contributed by atoms with Crippen LogP contribution in [0.15, 0.2) is 0 Å². The number of rotatable bonds is 5. The van der Waals surface area contributed by atoms with Crippen LogP contribution in [-0.2, 0) is 16.2 Å². The number of aliphatic hydroxyl groups excluding tert-OH is 5. The van der Waals surface area contributed by atoms with Crippen molar-refractivity contribution in [3.8, 4) is 0 Å². The smallest absolute Gasteiger partial charge is 0.299 e. The van der Waals surface area contributed by atoms with Gasteiger partial charge in [0.2, 0.25) is 0 Å². The number of hydrogen-bond donors (Lipinski definition) is 7. The first-order chi connectivity index (χ1) is 7.27. The second-order valence-corrected chi connectivity index (χ2v) is 3.05. The minimum atomic E-state index is -2.61. The Kier molecular flexibility index (Phi) is 10.9. The van der Waals surface area contributed by atoms with Crippen LogP contribution in [-0.4, -0.2) is 76.2 Å². The molecule has 10 heteroatoms. The van der Waals surface area contributed by atoms with Crippen LogP contribution in [0.1, 0.15) is 0 Å². The lowest BCUT2D eigenvalue weighted by atomic mass is 10.0. The summed E-state index contributed by atoms with van der Waals surface area (Å²) in [5, 5.41) is 43.5. The molecule has 0 radical (unpaired) electrons. The van der Waals surface area contributed by atoms with E-state index < -0.39 is 42.4 Å². The number of carbonyl (C=O) groups is 1. The van der Waals surface area contributed by atoms with E-state index in [0.29, 0.717) is 0 Å². The average molecular weight is 262 g/mol. The lowest BCUT2D eigenvalue weighted by molar-refractivity contribution is -0.136. The van der Waals surface area contributed by atoms with Crippen LogP contribution in [0.5, 0.6) is 0 Å². The molecule has 0 fully saturated rings. The largest absolute Gasteiger partial charge is 0.394 e. The van der Waals surface area contributed by atoms with E-state index in [-0.39, 0.29) is 6.29 Å². The summed E-state index contributed by atoms with van der Waals surface area (Å²) in [6.45, 7) is -0.760. The minimum absolute atomic E-state index is 0.0258. The Bertz CT molecular complexity index is 206. The maximum absolute atomic E-state index is 9.90. The van der Waals surface area contributed by atoms with Crippen molar-refractivity contribution < 1.29 is 43.6 Å². The number of hydrogen-bond acceptors (Lipinski definition) is 7. The Labute approximate surface area is 93.1 Å². The zero-order valence-electron chi connectivity index (χ0n) is 7.95. The number of carbonyl (C=O) groups excluding carboxylic acids is 1. The lowest BCUT2D eigenvalue weighted by Gasteiger charge is -2.22. The number of aldehydes is 1. The summed E-state index contributed by atoms with van der Waals surface area (Å²) in [4.78, 5) is 9.90. The van der Waals surface area contributed by atoms with Crippen molar-refractivity contribution in [1.29, 1.82) is 0 Å². The van der Waals surface area contributed by atoms with Gasteiger partial charge < -0.3 is 30.3 Å². The number of aliphatic hydroxyl groups is 5. The summed E-state index contributed by atoms with van der Waals surface area (Å²) in [6, 6.07) is 0. The zero-order valence-corrected chi connectivity index (χ0v) is 8.77. The topological polar surface area (TPSA) is 176 Å². The molecule has 0 rings (SSSR count). The summed E-state index contributed by atoms with van der Waals surface area (Å²) in [7, 11) is 0. The van der Waals surface area contributed by atoms with Crippen LogP contribution in [0, 0.1) is 0 Å². The Morgan fingerprint density at radius 1 is 1.06 bits per heavy atom. The fourth-order valence-corrected chi connectivity index (χ4v) is 0.618. The molecule has 16 heavy (non-hydrogen) atoms. The van der Waals surface area contributed by atoms with Crippen molar-refractivity contribution in [2.75, 3.05) is 6.61 Å². The van der Waals surface area contributed by atoms with Gasteiger partial charge in [-0.05, 0) is 0 Å². The van der Waals surface area contributed by atoms with Gasteiger partial charge in [-0.25, -0.2) is 0 Å². The maximum Gasteiger partial charge on any atom is 0.299 e. The van der Waals surface area contributed by atoms with Crippen LogP contribution >= 0.6 is 0 Å². The van der Waals surface area contributed by atoms with Gasteiger partial charge in [0.25, 0.3) is 11.4 Å². The maximum atomic E-state index is 9.90. The molecule has 0 heterocycles. The van der Waals surface area contributed by atoms with Crippen molar-refractivity contribution in [2.24, 2.45) is 0 Å². The van der Waals surface area contributed by atoms with Crippen molar-refractivity contribution in [2.45, 2.75) is 24.4 Å². The molecule has 0 spiro atoms. The fourth-order valence-electron chi connectivity index (χ4n) is 0.618. The van der Waals surface area contributed by atoms with Gasteiger partial charge >= 0.3 is 0 Å². The van der Waals surface area contributed by atoms with Crippen LogP contribution in [0.4, 0.5) is 0 Å². The second kappa shape index (κ2) is 9.74. The van der Waals surface area contributed by atoms with E-state index in [1.807, 2.05) is 0 Å². The Balaban J connectivity index is 0. The molecule has 0 bridgehead atoms. The molecule has 0 aliphatic carbocycles. The van der Waals surface area contributed by atoms with Crippen LogP contribution in [0.2, 0.25) is 0 Å². The molecule has 0 saturated heterocycles. The molecular weight excluding hydrogens is 248 g/mol. The zero-order chi connectivity index (χ0) is 13.3. The normalized spacial score (nSPS) is 18.0. The van der Waals surface area contributed by atoms with E-state index >= 15 is 0 Å². The molecule has 0 aromatic carbocycles. The molecule has 0 saturated carbocycles. The van der Waals surface area contributed by atoms with Crippen molar-refractivity contribution in [3.63, 3.8) is 0 Å². The summed E-state index contributed by atoms with van der Waals surface area (Å²) in [5.41, 5.74) is 0. The molecular formula is C6H14O9S. The molecule has 7 N–H and O–H groups in total. The SMILES string of the molecule is O=C[C@H](O)[C@@H](O)[C@H](O)[C@H](O)CO.O=S(O)O. The lowest BCUT2D eigenvalue weighted by Crippen LogP contribution is -2.46. The fraction of sp³-hybridized carbons (Fsp3) is 0.833. The van der Waals surface area contributed by atoms with Gasteiger partial charge in [0.15, 0.2) is 6.29 Å². The molecule has 0 aromatic rings. The van der Waals surface area contributed by atoms with E-state index in [1.54, 1.807) is 0 Å². The second-order valence-electron chi connectivity index (χ2n) is 2.59. The van der Waals surface area contributed by atoms with Crippen molar-refractivity contribution in [1.82, 2.24) is 0 Å². The minimum Gasteiger partial charge on any atom is -0.394 e. The Hall–Kier alpha value is -0.460. The molecule has 98 valence electrons. The van der Waals surface area contributed by atoms with Gasteiger partial charge in [0.05, 0.1) is 6.61 Å². The first kappa shape index (κ1) is 17.9. The summed E-state index contributed by atoms with van der Waals surface area (Å²) >= 11 is -2.61.